The first-order valence-electron chi connectivity index (χ1n) is 8.06. The van der Waals surface area contributed by atoms with Crippen molar-refractivity contribution >= 4 is 11.5 Å². The number of halogens is 9. The predicted molar refractivity (Wildman–Crippen MR) is 89.1 cm³/mol. The molecule has 1 heterocycles. The van der Waals surface area contributed by atoms with Crippen LogP contribution in [-0.4, -0.2) is 31.5 Å². The van der Waals surface area contributed by atoms with Gasteiger partial charge in [0.15, 0.2) is 6.61 Å². The molecule has 0 amide bonds. The Morgan fingerprint density at radius 1 is 0.867 bits per heavy atom. The lowest BCUT2D eigenvalue weighted by Gasteiger charge is -2.21. The average Bonchev–Trinajstić information content (AvgIpc) is 2.62. The van der Waals surface area contributed by atoms with Gasteiger partial charge in [0.2, 0.25) is 5.88 Å². The van der Waals surface area contributed by atoms with E-state index in [9.17, 15) is 39.5 Å². The van der Waals surface area contributed by atoms with Gasteiger partial charge in [-0.3, -0.25) is 0 Å². The number of rotatable bonds is 6. The summed E-state index contributed by atoms with van der Waals surface area (Å²) in [5, 5.41) is 2.47. The van der Waals surface area contributed by atoms with Gasteiger partial charge in [-0.25, -0.2) is 0 Å². The summed E-state index contributed by atoms with van der Waals surface area (Å²) < 4.78 is 118. The first-order valence-corrected chi connectivity index (χ1v) is 8.06. The lowest BCUT2D eigenvalue weighted by atomic mass is 10.2. The normalized spacial score (nSPS) is 12.6. The van der Waals surface area contributed by atoms with Crippen molar-refractivity contribution < 1.29 is 44.3 Å². The lowest BCUT2D eigenvalue weighted by Crippen LogP contribution is -2.25. The monoisotopic (exact) mass is 447 g/mol. The van der Waals surface area contributed by atoms with Crippen LogP contribution < -0.4 is 15.0 Å². The molecule has 0 unspecified atom stereocenters. The molecular formula is C17H14F9N3O. The molecule has 0 radical (unpaired) electrons. The van der Waals surface area contributed by atoms with Gasteiger partial charge < -0.3 is 15.0 Å². The van der Waals surface area contributed by atoms with E-state index in [-0.39, 0.29) is 6.67 Å². The largest absolute Gasteiger partial charge is 0.468 e. The van der Waals surface area contributed by atoms with Crippen LogP contribution in [0.15, 0.2) is 36.4 Å². The third-order valence-corrected chi connectivity index (χ3v) is 3.65. The van der Waals surface area contributed by atoms with E-state index < -0.39 is 48.0 Å². The van der Waals surface area contributed by atoms with E-state index in [0.717, 1.165) is 24.3 Å². The minimum atomic E-state index is -4.87. The molecule has 0 atom stereocenters. The molecule has 0 aliphatic rings. The zero-order valence-electron chi connectivity index (χ0n) is 15.1. The van der Waals surface area contributed by atoms with E-state index in [0.29, 0.717) is 17.8 Å². The van der Waals surface area contributed by atoms with Gasteiger partial charge in [0.25, 0.3) is 0 Å². The number of hydrogen-bond acceptors (Lipinski definition) is 4. The van der Waals surface area contributed by atoms with Crippen LogP contribution in [0.5, 0.6) is 5.88 Å². The number of aromatic nitrogens is 1. The van der Waals surface area contributed by atoms with Crippen molar-refractivity contribution in [1.29, 1.82) is 0 Å². The molecular weight excluding hydrogens is 433 g/mol. The summed E-state index contributed by atoms with van der Waals surface area (Å²) in [6, 6.07) is 4.87. The van der Waals surface area contributed by atoms with Crippen molar-refractivity contribution in [2.24, 2.45) is 0 Å². The minimum Gasteiger partial charge on any atom is -0.468 e. The van der Waals surface area contributed by atoms with Crippen LogP contribution in [0.2, 0.25) is 0 Å². The second-order valence-corrected chi connectivity index (χ2v) is 6.06. The molecule has 166 valence electrons. The quantitative estimate of drug-likeness (QED) is 0.465. The molecule has 0 saturated carbocycles. The van der Waals surface area contributed by atoms with Crippen LogP contribution in [-0.2, 0) is 12.4 Å². The molecule has 2 rings (SSSR count). The van der Waals surface area contributed by atoms with E-state index in [1.54, 1.807) is 0 Å². The summed E-state index contributed by atoms with van der Waals surface area (Å²) in [7, 11) is 1.43. The van der Waals surface area contributed by atoms with Crippen LogP contribution in [0.3, 0.4) is 0 Å². The Hall–Kier alpha value is -2.86. The highest BCUT2D eigenvalue weighted by atomic mass is 19.4. The first kappa shape index (κ1) is 23.4. The number of pyridine rings is 1. The van der Waals surface area contributed by atoms with E-state index in [2.05, 4.69) is 15.0 Å². The molecule has 1 aromatic heterocycles. The van der Waals surface area contributed by atoms with Gasteiger partial charge in [-0.05, 0) is 30.3 Å². The summed E-state index contributed by atoms with van der Waals surface area (Å²) in [5.74, 6) is -1.32. The van der Waals surface area contributed by atoms with Gasteiger partial charge in [-0.15, -0.1) is 0 Å². The fourth-order valence-corrected chi connectivity index (χ4v) is 2.18. The van der Waals surface area contributed by atoms with Gasteiger partial charge >= 0.3 is 18.5 Å². The first-order chi connectivity index (χ1) is 13.6. The number of ether oxygens (including phenoxy) is 1. The lowest BCUT2D eigenvalue weighted by molar-refractivity contribution is -0.154. The molecule has 2 aromatic rings. The third-order valence-electron chi connectivity index (χ3n) is 3.65. The summed E-state index contributed by atoms with van der Waals surface area (Å²) in [5.41, 5.74) is -1.86. The molecule has 0 bridgehead atoms. The number of benzene rings is 1. The Morgan fingerprint density at radius 2 is 1.43 bits per heavy atom. The van der Waals surface area contributed by atoms with Gasteiger partial charge in [0.05, 0.1) is 17.8 Å². The van der Waals surface area contributed by atoms with Crippen LogP contribution in [0.4, 0.5) is 51.0 Å². The fourth-order valence-electron chi connectivity index (χ4n) is 2.18. The van der Waals surface area contributed by atoms with Crippen molar-refractivity contribution in [3.8, 4) is 5.88 Å². The van der Waals surface area contributed by atoms with Crippen LogP contribution in [0, 0.1) is 0 Å². The molecule has 13 heteroatoms. The van der Waals surface area contributed by atoms with Crippen LogP contribution >= 0.6 is 0 Å². The molecule has 1 aromatic carbocycles. The minimum absolute atomic E-state index is 0.210. The Labute approximate surface area is 164 Å². The third kappa shape index (κ3) is 6.88. The number of nitrogens with zero attached hydrogens (tertiary/aromatic N) is 2. The SMILES string of the molecule is CN(CNc1cc(C(F)(F)F)cc(OCC(F)(F)F)n1)c1ccc(C(F)(F)F)cc1. The van der Waals surface area contributed by atoms with Crippen LogP contribution in [0.1, 0.15) is 11.1 Å². The summed E-state index contributed by atoms with van der Waals surface area (Å²) in [6.45, 7) is -2.04. The maximum Gasteiger partial charge on any atom is 0.422 e. The Kier molecular flexibility index (Phi) is 6.62. The maximum atomic E-state index is 13.0. The Bertz CT molecular complexity index is 846. The molecule has 1 N–H and O–H groups in total. The molecule has 0 fully saturated rings. The molecule has 0 aliphatic carbocycles. The zero-order valence-corrected chi connectivity index (χ0v) is 15.1. The van der Waals surface area contributed by atoms with E-state index in [1.807, 2.05) is 0 Å². The van der Waals surface area contributed by atoms with Crippen molar-refractivity contribution in [1.82, 2.24) is 4.98 Å². The van der Waals surface area contributed by atoms with Crippen molar-refractivity contribution in [2.45, 2.75) is 18.5 Å². The van der Waals surface area contributed by atoms with Gasteiger partial charge in [-0.2, -0.15) is 44.5 Å². The molecule has 4 nitrogen and oxygen atoms in total. The van der Waals surface area contributed by atoms with Gasteiger partial charge in [0.1, 0.15) is 5.82 Å². The molecule has 0 spiro atoms. The second-order valence-electron chi connectivity index (χ2n) is 6.06. The highest BCUT2D eigenvalue weighted by molar-refractivity contribution is 5.50. The smallest absolute Gasteiger partial charge is 0.422 e. The fraction of sp³-hybridized carbons (Fsp3) is 0.353. The molecule has 0 aliphatic heterocycles. The average molecular weight is 447 g/mol. The zero-order chi connectivity index (χ0) is 22.7. The summed E-state index contributed by atoms with van der Waals surface area (Å²) >= 11 is 0. The number of anilines is 2. The summed E-state index contributed by atoms with van der Waals surface area (Å²) in [6.07, 6.45) is -14.2. The Balaban J connectivity index is 2.14. The maximum absolute atomic E-state index is 13.0. The highest BCUT2D eigenvalue weighted by Gasteiger charge is 2.33. The van der Waals surface area contributed by atoms with Gasteiger partial charge in [0, 0.05) is 18.8 Å². The second kappa shape index (κ2) is 8.48. The van der Waals surface area contributed by atoms with E-state index in [4.69, 9.17) is 0 Å². The van der Waals surface area contributed by atoms with Gasteiger partial charge in [-0.1, -0.05) is 0 Å². The van der Waals surface area contributed by atoms with Crippen molar-refractivity contribution in [3.63, 3.8) is 0 Å². The predicted octanol–water partition coefficient (Wildman–Crippen LogP) is 5.57. The highest BCUT2D eigenvalue weighted by Crippen LogP contribution is 2.33. The Morgan fingerprint density at radius 3 is 1.93 bits per heavy atom. The topological polar surface area (TPSA) is 37.4 Å². The number of hydrogen-bond donors (Lipinski definition) is 1. The summed E-state index contributed by atoms with van der Waals surface area (Å²) in [4.78, 5) is 4.91. The van der Waals surface area contributed by atoms with Crippen molar-refractivity contribution in [2.75, 3.05) is 30.5 Å². The molecule has 0 saturated heterocycles. The number of alkyl halides is 9. The van der Waals surface area contributed by atoms with Crippen LogP contribution in [0.25, 0.3) is 0 Å². The van der Waals surface area contributed by atoms with Crippen molar-refractivity contribution in [3.05, 3.63) is 47.5 Å². The standard InChI is InChI=1S/C17H14F9N3O/c1-29(12-4-2-10(3-5-12)16(21,22)23)9-27-13-6-11(17(24,25)26)7-14(28-13)30-8-15(18,19)20/h2-7H,8-9H2,1H3,(H,27,28). The van der Waals surface area contributed by atoms with E-state index >= 15 is 0 Å². The number of nitrogens with one attached hydrogen (secondary N) is 1. The van der Waals surface area contributed by atoms with E-state index in [1.165, 1.54) is 11.9 Å². The molecule has 30 heavy (non-hydrogen) atoms.